The third-order valence-corrected chi connectivity index (χ3v) is 27.5. The molecule has 148 heavy (non-hydrogen) atoms. The number of Topliss-reactive ketones (excluding diaryl/α,β-unsaturated/α-hetero) is 5. The van der Waals surface area contributed by atoms with Crippen LogP contribution in [0.3, 0.4) is 0 Å². The second kappa shape index (κ2) is 42.9. The van der Waals surface area contributed by atoms with Gasteiger partial charge in [-0.05, 0) is 141 Å². The maximum Gasteiger partial charge on any atom is 0.187 e. The highest BCUT2D eigenvalue weighted by molar-refractivity contribution is 6.31. The van der Waals surface area contributed by atoms with Crippen LogP contribution in [0.25, 0.3) is 60.5 Å². The lowest BCUT2D eigenvalue weighted by Crippen LogP contribution is -2.22. The Labute approximate surface area is 873 Å². The van der Waals surface area contributed by atoms with E-state index in [1.165, 1.54) is 12.1 Å². The molecule has 0 amide bonds. The average molecular weight is 2010 g/mol. The van der Waals surface area contributed by atoms with E-state index in [1.807, 2.05) is 314 Å². The number of aliphatic imine (C=N–C) groups is 5. The fourth-order valence-corrected chi connectivity index (χ4v) is 18.7. The third kappa shape index (κ3) is 22.6. The van der Waals surface area contributed by atoms with Crippen molar-refractivity contribution in [3.63, 3.8) is 0 Å². The smallest absolute Gasteiger partial charge is 0.187 e. The van der Waals surface area contributed by atoms with Gasteiger partial charge in [0.25, 0.3) is 0 Å². The van der Waals surface area contributed by atoms with Crippen molar-refractivity contribution < 1.29 is 51.0 Å². The first-order valence-corrected chi connectivity index (χ1v) is 50.2. The zero-order valence-electron chi connectivity index (χ0n) is 87.2. The monoisotopic (exact) mass is 2010 g/mol. The van der Waals surface area contributed by atoms with Crippen LogP contribution >= 0.6 is 23.2 Å². The van der Waals surface area contributed by atoms with Crippen LogP contribution < -0.4 is 0 Å². The number of nitrogens with zero attached hydrogens (tertiary/aromatic N) is 11. The molecule has 0 fully saturated rings. The summed E-state index contributed by atoms with van der Waals surface area (Å²) < 4.78 is 42.1. The molecule has 10 aromatic carbocycles. The molecule has 15 aromatic rings. The van der Waals surface area contributed by atoms with Gasteiger partial charge in [-0.2, -0.15) is 0 Å². The topological polar surface area (TPSA) is 282 Å². The Kier molecular flexibility index (Phi) is 30.5. The molecule has 5 aromatic heterocycles. The molecule has 0 saturated heterocycles. The van der Waals surface area contributed by atoms with Crippen LogP contribution in [0.1, 0.15) is 290 Å². The molecule has 0 aliphatic carbocycles. The van der Waals surface area contributed by atoms with Crippen LogP contribution in [0.5, 0.6) is 0 Å². The summed E-state index contributed by atoms with van der Waals surface area (Å²) in [6.45, 7) is 47.7. The van der Waals surface area contributed by atoms with E-state index in [2.05, 4.69) is 67.7 Å². The lowest BCUT2D eigenvalue weighted by Gasteiger charge is -2.19. The largest absolute Gasteiger partial charge is 0.358 e. The van der Waals surface area contributed by atoms with E-state index in [1.54, 1.807) is 24.3 Å². The average Bonchev–Trinajstić information content (AvgIpc) is 1.61. The number of halogens is 3. The lowest BCUT2D eigenvalue weighted by atomic mass is 9.86. The maximum absolute atomic E-state index is 13.5. The van der Waals surface area contributed by atoms with Crippen molar-refractivity contribution in [2.45, 2.75) is 208 Å². The van der Waals surface area contributed by atoms with Crippen LogP contribution in [0.2, 0.25) is 10.0 Å². The van der Waals surface area contributed by atoms with E-state index < -0.39 is 57.3 Å². The second-order valence-electron chi connectivity index (χ2n) is 43.0. The minimum absolute atomic E-state index is 0.0932. The molecule has 0 radical (unpaired) electrons. The molecule has 24 heteroatoms. The van der Waals surface area contributed by atoms with Crippen molar-refractivity contribution >= 4 is 86.4 Å². The number of benzene rings is 10. The molecule has 750 valence electrons. The van der Waals surface area contributed by atoms with Gasteiger partial charge < -0.3 is 22.6 Å². The number of aryl methyl sites for hydroxylation is 6. The van der Waals surface area contributed by atoms with Crippen molar-refractivity contribution in [1.29, 1.82) is 0 Å². The van der Waals surface area contributed by atoms with E-state index in [4.69, 9.17) is 83.8 Å². The van der Waals surface area contributed by atoms with Crippen LogP contribution in [0.15, 0.2) is 284 Å². The van der Waals surface area contributed by atoms with Gasteiger partial charge in [-0.3, -0.25) is 48.9 Å². The molecule has 0 spiro atoms. The number of carbonyl (C=O) groups excluding carboxylic acids is 5. The highest BCUT2D eigenvalue weighted by Gasteiger charge is 2.42. The first-order chi connectivity index (χ1) is 70.3. The minimum atomic E-state index is -0.495. The molecule has 5 aliphatic heterocycles. The number of carbonyl (C=O) groups is 5. The summed E-state index contributed by atoms with van der Waals surface area (Å²) in [6.07, 6.45) is 6.75. The van der Waals surface area contributed by atoms with Gasteiger partial charge in [0, 0.05) is 125 Å². The van der Waals surface area contributed by atoms with Gasteiger partial charge in [-0.25, -0.2) is 9.24 Å². The highest BCUT2D eigenvalue weighted by atomic mass is 35.5. The Morgan fingerprint density at radius 3 is 0.784 bits per heavy atom. The molecule has 5 aliphatic rings. The van der Waals surface area contributed by atoms with Gasteiger partial charge in [0.15, 0.2) is 34.5 Å². The minimum Gasteiger partial charge on any atom is -0.358 e. The fraction of sp³-hybridized carbons (Fsp3) is 0.290. The van der Waals surface area contributed by atoms with Crippen molar-refractivity contribution in [3.8, 4) is 68.0 Å². The molecule has 0 unspecified atom stereocenters. The Balaban J connectivity index is 0.000000132. The molecule has 5 atom stereocenters. The number of aromatic nitrogens is 5. The van der Waals surface area contributed by atoms with E-state index in [9.17, 15) is 28.4 Å². The Morgan fingerprint density at radius 1 is 0.304 bits per heavy atom. The van der Waals surface area contributed by atoms with Gasteiger partial charge in [-0.15, -0.1) is 6.42 Å². The highest BCUT2D eigenvalue weighted by Crippen LogP contribution is 2.50. The SMILES string of the molecule is C#Cc1ccc(C2=N[C@@H](CC(=O)C(C)(C)C)c3onc(C)c3-c3ccccc32)cc1.Cc1cccc2c1C(c1ccc(Cl)cc1)=N[C@@H](CC(=O)C(C)(C)C)c1onc(C)c1-2.Cc1noc2c1-c1ccccc1C(c1ccc(Cl)cc1)=N[C@H]2CC(=O)C(C)(C)C.Cc1noc2c1-c1ccccc1C(c1ccc(F)cc1)=N[C@H]2CC(=O)C(C)(C)C.[C-]#[N+]c1ccc(C2=N[C@@H](CC(=O)C(C)(C)C)c3onc(C)c3-c3ccccc32)cc1. The standard InChI is InChI=1S/C26H24N2O2.C25H25ClN2O2.C25H23N3O2.C24H23ClN2O2.C24H23FN2O2/c1-6-17-11-13-18(14-12-17)24-20-10-8-7-9-19(20)23-16(2)28-30-25(23)21(27-24)15-22(29)26(3,4)5;1-14-7-6-8-18-21(14)23(16-9-11-17(26)12-10-16)27-19(13-20(29)25(3,4)5)24-22(18)15(2)28-30-24;1-15-22-18-8-6-7-9-19(18)23(16-10-12-17(26-5)13-11-16)27-20(24(22)30-28-15)14-21(29)25(2,3)4;2*1-14-21-17-7-5-6-8-18(17)22(15-9-11-16(25)12-10-15)26-19(23(21)29-27-14)13-20(28)24(2,3)4/h1,7-14,21H,15H2,2-5H3;6-12,19H,13H2,1-5H3;6-13,20H,14H2,1-4H3;2*5-12,19H,13H2,1-4H3/t21-;19-;20-;2*19-/m00000/s1. The number of ketones is 5. The van der Waals surface area contributed by atoms with Gasteiger partial charge in [0.1, 0.15) is 64.9 Å². The number of hydrogen-bond donors (Lipinski definition) is 0. The van der Waals surface area contributed by atoms with E-state index in [0.717, 1.165) is 179 Å². The van der Waals surface area contributed by atoms with Crippen LogP contribution in [-0.2, 0) is 24.0 Å². The van der Waals surface area contributed by atoms with Crippen molar-refractivity contribution in [1.82, 2.24) is 25.8 Å². The zero-order chi connectivity index (χ0) is 106. The number of rotatable bonds is 15. The molecule has 10 heterocycles. The van der Waals surface area contributed by atoms with Gasteiger partial charge in [0.05, 0.1) is 91.4 Å². The van der Waals surface area contributed by atoms with Gasteiger partial charge >= 0.3 is 0 Å². The summed E-state index contributed by atoms with van der Waals surface area (Å²) in [5.41, 5.74) is 27.2. The summed E-state index contributed by atoms with van der Waals surface area (Å²) in [4.78, 5) is 93.1. The molecular weight excluding hydrogens is 1890 g/mol. The second-order valence-corrected chi connectivity index (χ2v) is 43.8. The quantitative estimate of drug-likeness (QED) is 0.0681. The zero-order valence-corrected chi connectivity index (χ0v) is 88.7. The van der Waals surface area contributed by atoms with E-state index >= 15 is 0 Å². The predicted octanol–water partition coefficient (Wildman–Crippen LogP) is 30.0. The summed E-state index contributed by atoms with van der Waals surface area (Å²) in [5, 5.41) is 22.3. The molecule has 21 nitrogen and oxygen atoms in total. The van der Waals surface area contributed by atoms with Gasteiger partial charge in [0.2, 0.25) is 0 Å². The van der Waals surface area contributed by atoms with Crippen molar-refractivity contribution in [3.05, 3.63) is 388 Å². The lowest BCUT2D eigenvalue weighted by molar-refractivity contribution is -0.127. The van der Waals surface area contributed by atoms with Gasteiger partial charge in [-0.1, -0.05) is 335 Å². The summed E-state index contributed by atoms with van der Waals surface area (Å²) >= 11 is 12.2. The van der Waals surface area contributed by atoms with Crippen LogP contribution in [0.4, 0.5) is 10.1 Å². The Hall–Kier alpha value is -15.5. The molecule has 0 N–H and O–H groups in total. The van der Waals surface area contributed by atoms with Crippen molar-refractivity contribution in [2.24, 2.45) is 52.0 Å². The van der Waals surface area contributed by atoms with E-state index in [-0.39, 0.29) is 66.8 Å². The molecular formula is C124H118Cl2FN11O10. The Bertz CT molecular complexity index is 7520. The normalized spacial score (nSPS) is 15.7. The third-order valence-electron chi connectivity index (χ3n) is 27.0. The fourth-order valence-electron chi connectivity index (χ4n) is 18.4. The van der Waals surface area contributed by atoms with Crippen LogP contribution in [-0.4, -0.2) is 83.3 Å². The molecule has 20 rings (SSSR count). The van der Waals surface area contributed by atoms with Crippen LogP contribution in [0, 0.1) is 93.4 Å². The summed E-state index contributed by atoms with van der Waals surface area (Å²) in [6, 6.07) is 72.7. The number of fused-ring (bicyclic) bond motifs is 15. The number of hydrogen-bond acceptors (Lipinski definition) is 20. The Morgan fingerprint density at radius 2 is 0.527 bits per heavy atom. The molecule has 0 saturated carbocycles. The summed E-state index contributed by atoms with van der Waals surface area (Å²) in [7, 11) is 0. The molecule has 0 bridgehead atoms. The first kappa shape index (κ1) is 105. The maximum atomic E-state index is 13.5. The predicted molar refractivity (Wildman–Crippen MR) is 582 cm³/mol. The first-order valence-electron chi connectivity index (χ1n) is 49.4. The number of terminal acetylenes is 1. The van der Waals surface area contributed by atoms with E-state index in [0.29, 0.717) is 44.5 Å². The van der Waals surface area contributed by atoms with Crippen molar-refractivity contribution in [2.75, 3.05) is 0 Å². The summed E-state index contributed by atoms with van der Waals surface area (Å²) in [5.74, 6) is 6.13.